The lowest BCUT2D eigenvalue weighted by Crippen LogP contribution is -2.58. The lowest BCUT2D eigenvalue weighted by Gasteiger charge is -2.58. The second-order valence-corrected chi connectivity index (χ2v) is 9.45. The van der Waals surface area contributed by atoms with Crippen LogP contribution in [0.3, 0.4) is 0 Å². The first-order valence-corrected chi connectivity index (χ1v) is 8.70. The molecule has 0 saturated heterocycles. The van der Waals surface area contributed by atoms with Crippen molar-refractivity contribution in [1.82, 2.24) is 0 Å². The van der Waals surface area contributed by atoms with Crippen molar-refractivity contribution in [3.05, 3.63) is 22.2 Å². The minimum atomic E-state index is -0.434. The second kappa shape index (κ2) is 4.86. The summed E-state index contributed by atoms with van der Waals surface area (Å²) in [5.74, 6) is 0. The first kappa shape index (κ1) is 16.1. The number of aliphatic hydroxyl groups excluding tert-OH is 1. The van der Waals surface area contributed by atoms with E-state index in [-0.39, 0.29) is 15.7 Å². The van der Waals surface area contributed by atoms with Gasteiger partial charge in [-0.05, 0) is 26.7 Å². The van der Waals surface area contributed by atoms with Crippen LogP contribution in [0.4, 0.5) is 0 Å². The van der Waals surface area contributed by atoms with E-state index in [2.05, 4.69) is 64.8 Å². The van der Waals surface area contributed by atoms with Gasteiger partial charge in [0.15, 0.2) is 0 Å². The number of allylic oxidation sites excluding steroid dienone is 3. The molecule has 0 aromatic heterocycles. The van der Waals surface area contributed by atoms with Gasteiger partial charge in [-0.15, -0.1) is 11.6 Å². The second-order valence-electron chi connectivity index (χ2n) is 6.63. The number of hydrogen-bond acceptors (Lipinski definition) is 1. The highest BCUT2D eigenvalue weighted by Crippen LogP contribution is 2.63. The van der Waals surface area contributed by atoms with Gasteiger partial charge in [0.05, 0.1) is 11.0 Å². The molecule has 1 spiro atoms. The van der Waals surface area contributed by atoms with Crippen molar-refractivity contribution in [1.29, 1.82) is 0 Å². The Balaban J connectivity index is 2.53. The third kappa shape index (κ3) is 2.20. The van der Waals surface area contributed by atoms with Crippen LogP contribution in [0, 0.1) is 10.8 Å². The summed E-state index contributed by atoms with van der Waals surface area (Å²) in [6, 6.07) is 0. The molecule has 0 bridgehead atoms. The summed E-state index contributed by atoms with van der Waals surface area (Å²) in [6.07, 6.45) is 5.22. The molecule has 2 aliphatic rings. The van der Waals surface area contributed by atoms with Crippen molar-refractivity contribution >= 4 is 43.5 Å². The first-order chi connectivity index (χ1) is 8.55. The fourth-order valence-corrected chi connectivity index (χ4v) is 5.08. The van der Waals surface area contributed by atoms with Crippen LogP contribution in [0.15, 0.2) is 22.2 Å². The maximum absolute atomic E-state index is 10.9. The topological polar surface area (TPSA) is 20.2 Å². The lowest BCUT2D eigenvalue weighted by atomic mass is 9.51. The van der Waals surface area contributed by atoms with E-state index in [0.717, 1.165) is 10.9 Å². The predicted octanol–water partition coefficient (Wildman–Crippen LogP) is 5.15. The summed E-state index contributed by atoms with van der Waals surface area (Å²) in [6.45, 7) is 8.52. The predicted molar refractivity (Wildman–Crippen MR) is 89.2 cm³/mol. The Morgan fingerprint density at radius 2 is 1.84 bits per heavy atom. The molecule has 0 aromatic carbocycles. The molecule has 1 saturated carbocycles. The average Bonchev–Trinajstić information content (AvgIpc) is 2.27. The van der Waals surface area contributed by atoms with Gasteiger partial charge in [-0.3, -0.25) is 0 Å². The smallest absolute Gasteiger partial charge is 0.0659 e. The van der Waals surface area contributed by atoms with Gasteiger partial charge in [0.2, 0.25) is 0 Å². The quantitative estimate of drug-likeness (QED) is 0.545. The Labute approximate surface area is 137 Å². The highest BCUT2D eigenvalue weighted by Gasteiger charge is 2.59. The maximum Gasteiger partial charge on any atom is 0.0659 e. The Kier molecular flexibility index (Phi) is 4.11. The van der Waals surface area contributed by atoms with E-state index >= 15 is 0 Å². The Morgan fingerprint density at radius 3 is 2.42 bits per heavy atom. The van der Waals surface area contributed by atoms with Crippen LogP contribution in [0.25, 0.3) is 0 Å². The fraction of sp³-hybridized carbons (Fsp3) is 0.733. The monoisotopic (exact) mass is 410 g/mol. The number of aliphatic hydroxyl groups is 1. The molecule has 0 radical (unpaired) electrons. The molecule has 4 atom stereocenters. The summed E-state index contributed by atoms with van der Waals surface area (Å²) in [4.78, 5) is -0.208. The van der Waals surface area contributed by atoms with Crippen LogP contribution in [-0.4, -0.2) is 20.9 Å². The lowest BCUT2D eigenvalue weighted by molar-refractivity contribution is -0.0528. The molecule has 4 heteroatoms. The van der Waals surface area contributed by atoms with Crippen molar-refractivity contribution < 1.29 is 5.11 Å². The molecular weight excluding hydrogens is 391 g/mol. The van der Waals surface area contributed by atoms with E-state index in [1.165, 1.54) is 5.57 Å². The summed E-state index contributed by atoms with van der Waals surface area (Å²) in [5.41, 5.74) is 0.846. The van der Waals surface area contributed by atoms with E-state index in [9.17, 15) is 5.11 Å². The number of hydrogen-bond donors (Lipinski definition) is 1. The third-order valence-corrected chi connectivity index (χ3v) is 8.48. The van der Waals surface area contributed by atoms with Gasteiger partial charge in [-0.25, -0.2) is 0 Å². The molecule has 1 N–H and O–H groups in total. The van der Waals surface area contributed by atoms with E-state index in [1.54, 1.807) is 0 Å². The molecule has 0 aliphatic heterocycles. The zero-order valence-corrected chi connectivity index (χ0v) is 15.7. The molecule has 1 fully saturated rings. The largest absolute Gasteiger partial charge is 0.392 e. The van der Waals surface area contributed by atoms with Crippen molar-refractivity contribution in [3.8, 4) is 0 Å². The van der Waals surface area contributed by atoms with Gasteiger partial charge in [-0.2, -0.15) is 0 Å². The van der Waals surface area contributed by atoms with Crippen molar-refractivity contribution in [2.24, 2.45) is 10.8 Å². The van der Waals surface area contributed by atoms with Gasteiger partial charge in [0.1, 0.15) is 0 Å². The molecule has 108 valence electrons. The number of alkyl halides is 2. The van der Waals surface area contributed by atoms with Crippen LogP contribution >= 0.6 is 43.5 Å². The molecule has 0 aromatic rings. The van der Waals surface area contributed by atoms with Gasteiger partial charge < -0.3 is 5.11 Å². The average molecular weight is 413 g/mol. The van der Waals surface area contributed by atoms with Crippen LogP contribution in [0.1, 0.15) is 40.5 Å². The Morgan fingerprint density at radius 1 is 1.26 bits per heavy atom. The molecule has 0 unspecified atom stereocenters. The summed E-state index contributed by atoms with van der Waals surface area (Å²) >= 11 is 14.0. The van der Waals surface area contributed by atoms with Crippen molar-refractivity contribution in [2.75, 3.05) is 0 Å². The van der Waals surface area contributed by atoms with Gasteiger partial charge >= 0.3 is 0 Å². The molecule has 19 heavy (non-hydrogen) atoms. The number of halogens is 3. The molecule has 2 rings (SSSR count). The molecule has 1 nitrogen and oxygen atoms in total. The minimum absolute atomic E-state index is 0.134. The summed E-state index contributed by atoms with van der Waals surface area (Å²) in [5, 5.41) is 10.9. The van der Waals surface area contributed by atoms with Crippen molar-refractivity contribution in [2.45, 2.75) is 56.3 Å². The summed E-state index contributed by atoms with van der Waals surface area (Å²) in [7, 11) is 0. The highest BCUT2D eigenvalue weighted by atomic mass is 79.9. The van der Waals surface area contributed by atoms with Gasteiger partial charge in [-0.1, -0.05) is 63.4 Å². The van der Waals surface area contributed by atoms with Crippen LogP contribution in [0.2, 0.25) is 0 Å². The Bertz CT molecular complexity index is 453. The minimum Gasteiger partial charge on any atom is -0.392 e. The standard InChI is InChI=1S/C15H21Br2ClO/c1-9-5-6-10(16)13(2,3)15(9)7-11(17)14(4,18)8-12(15)19/h5-6,11-12,19H,7-8H2,1-4H3/t11-,12-,14-,15-/m0/s1. The molecule has 0 amide bonds. The third-order valence-electron chi connectivity index (χ3n) is 5.21. The normalized spacial score (nSPS) is 45.9. The Hall–Kier alpha value is 0.690. The number of rotatable bonds is 0. The maximum atomic E-state index is 10.9. The first-order valence-electron chi connectivity index (χ1n) is 6.62. The molecular formula is C15H21Br2ClO. The molecule has 0 heterocycles. The van der Waals surface area contributed by atoms with Gasteiger partial charge in [0, 0.05) is 20.1 Å². The van der Waals surface area contributed by atoms with E-state index in [1.807, 2.05) is 6.92 Å². The van der Waals surface area contributed by atoms with E-state index in [0.29, 0.717) is 6.42 Å². The molecule has 2 aliphatic carbocycles. The van der Waals surface area contributed by atoms with Crippen LogP contribution < -0.4 is 0 Å². The highest BCUT2D eigenvalue weighted by molar-refractivity contribution is 9.11. The van der Waals surface area contributed by atoms with Crippen LogP contribution in [-0.2, 0) is 0 Å². The SMILES string of the molecule is CC1=CC=C(Br)C(C)(C)[C@@]12C[C@H](Br)[C@@](C)(Cl)C[C@@H]2O. The van der Waals surface area contributed by atoms with E-state index < -0.39 is 11.0 Å². The van der Waals surface area contributed by atoms with Crippen LogP contribution in [0.5, 0.6) is 0 Å². The fourth-order valence-electron chi connectivity index (χ4n) is 3.67. The van der Waals surface area contributed by atoms with E-state index in [4.69, 9.17) is 11.6 Å². The summed E-state index contributed by atoms with van der Waals surface area (Å²) < 4.78 is 1.14. The van der Waals surface area contributed by atoms with Gasteiger partial charge in [0.25, 0.3) is 0 Å². The zero-order chi connectivity index (χ0) is 14.6. The van der Waals surface area contributed by atoms with Crippen molar-refractivity contribution in [3.63, 3.8) is 0 Å². The zero-order valence-electron chi connectivity index (χ0n) is 11.8.